The topological polar surface area (TPSA) is 52.6 Å². The van der Waals surface area contributed by atoms with Crippen LogP contribution in [0.4, 0.5) is 0 Å². The molecule has 1 aliphatic carbocycles. The minimum absolute atomic E-state index is 0.120. The highest BCUT2D eigenvalue weighted by molar-refractivity contribution is 6.31. The second-order valence-corrected chi connectivity index (χ2v) is 6.39. The molecule has 0 bridgehead atoms. The first-order valence-electron chi connectivity index (χ1n) is 7.66. The number of rotatable bonds is 3. The number of benzene rings is 1. The minimum Gasteiger partial charge on any atom is -0.496 e. The van der Waals surface area contributed by atoms with Crippen LogP contribution in [0.1, 0.15) is 49.7 Å². The van der Waals surface area contributed by atoms with Crippen molar-refractivity contribution in [2.45, 2.75) is 50.5 Å². The van der Waals surface area contributed by atoms with E-state index in [-0.39, 0.29) is 5.78 Å². The van der Waals surface area contributed by atoms with Gasteiger partial charge in [-0.3, -0.25) is 9.59 Å². The van der Waals surface area contributed by atoms with Gasteiger partial charge in [0.05, 0.1) is 7.11 Å². The summed E-state index contributed by atoms with van der Waals surface area (Å²) >= 11 is 6.10. The lowest BCUT2D eigenvalue weighted by molar-refractivity contribution is -0.151. The number of methoxy groups -OCH3 is 1. The smallest absolute Gasteiger partial charge is 0.322 e. The number of hydrogen-bond donors (Lipinski definition) is 0. The molecule has 0 N–H and O–H groups in total. The van der Waals surface area contributed by atoms with Crippen LogP contribution < -0.4 is 4.74 Å². The van der Waals surface area contributed by atoms with Crippen molar-refractivity contribution in [3.8, 4) is 5.75 Å². The fraction of sp³-hybridized carbons (Fsp3) is 0.529. The van der Waals surface area contributed by atoms with Crippen LogP contribution >= 0.6 is 11.6 Å². The van der Waals surface area contributed by atoms with E-state index >= 15 is 0 Å². The molecule has 1 atom stereocenters. The van der Waals surface area contributed by atoms with Gasteiger partial charge in [0.25, 0.3) is 0 Å². The number of esters is 1. The normalized spacial score (nSPS) is 23.1. The summed E-state index contributed by atoms with van der Waals surface area (Å²) in [7, 11) is 1.52. The van der Waals surface area contributed by atoms with E-state index in [1.165, 1.54) is 7.11 Å². The summed E-state index contributed by atoms with van der Waals surface area (Å²) in [5, 5.41) is 0.534. The third-order valence-corrected chi connectivity index (χ3v) is 4.95. The van der Waals surface area contributed by atoms with Crippen molar-refractivity contribution in [1.82, 2.24) is 0 Å². The van der Waals surface area contributed by atoms with Crippen molar-refractivity contribution in [1.29, 1.82) is 0 Å². The van der Waals surface area contributed by atoms with Gasteiger partial charge in [0.1, 0.15) is 11.7 Å². The lowest BCUT2D eigenvalue weighted by Crippen LogP contribution is -2.33. The number of Topliss-reactive ketones (excluding diaryl/α,β-unsaturated/α-hetero) is 1. The van der Waals surface area contributed by atoms with Gasteiger partial charge in [0.2, 0.25) is 0 Å². The predicted octanol–water partition coefficient (Wildman–Crippen LogP) is 3.43. The molecule has 1 saturated heterocycles. The molecule has 0 amide bonds. The molecule has 22 heavy (non-hydrogen) atoms. The highest BCUT2D eigenvalue weighted by atomic mass is 35.5. The van der Waals surface area contributed by atoms with Crippen molar-refractivity contribution in [2.24, 2.45) is 0 Å². The van der Waals surface area contributed by atoms with Crippen LogP contribution in [0.2, 0.25) is 5.02 Å². The van der Waals surface area contributed by atoms with Crippen molar-refractivity contribution < 1.29 is 19.1 Å². The van der Waals surface area contributed by atoms with Crippen molar-refractivity contribution in [2.75, 3.05) is 7.11 Å². The lowest BCUT2D eigenvalue weighted by atomic mass is 9.83. The second-order valence-electron chi connectivity index (χ2n) is 5.95. The zero-order chi connectivity index (χ0) is 15.9. The first kappa shape index (κ1) is 15.3. The highest BCUT2D eigenvalue weighted by Gasteiger charge is 2.57. The zero-order valence-corrected chi connectivity index (χ0v) is 13.5. The third-order valence-electron chi connectivity index (χ3n) is 4.74. The number of carbonyl (C=O) groups excluding carboxylic acids is 2. The molecule has 2 fully saturated rings. The van der Waals surface area contributed by atoms with Gasteiger partial charge in [0.15, 0.2) is 11.4 Å². The number of hydrogen-bond acceptors (Lipinski definition) is 4. The number of carbonyl (C=O) groups is 2. The number of ether oxygens (including phenoxy) is 2. The number of halogens is 1. The SMILES string of the molecule is CCc1cc(Cl)cc(OC)c1C1C(=O)OC2(CCCC2)C1=O. The minimum atomic E-state index is -0.905. The van der Waals surface area contributed by atoms with Crippen LogP contribution in [0, 0.1) is 0 Å². The summed E-state index contributed by atoms with van der Waals surface area (Å²) < 4.78 is 10.9. The Bertz CT molecular complexity index is 607. The fourth-order valence-corrected chi connectivity index (χ4v) is 3.88. The molecule has 1 saturated carbocycles. The predicted molar refractivity (Wildman–Crippen MR) is 82.4 cm³/mol. The summed E-state index contributed by atoms with van der Waals surface area (Å²) in [5.41, 5.74) is 0.570. The van der Waals surface area contributed by atoms with E-state index < -0.39 is 17.5 Å². The number of aryl methyl sites for hydroxylation is 1. The van der Waals surface area contributed by atoms with Gasteiger partial charge in [-0.1, -0.05) is 18.5 Å². The molecule has 1 spiro atoms. The Labute approximate surface area is 134 Å². The first-order valence-corrected chi connectivity index (χ1v) is 8.03. The van der Waals surface area contributed by atoms with Crippen LogP contribution in [-0.4, -0.2) is 24.5 Å². The molecule has 1 aromatic rings. The molecule has 0 radical (unpaired) electrons. The van der Waals surface area contributed by atoms with Gasteiger partial charge in [-0.25, -0.2) is 0 Å². The maximum Gasteiger partial charge on any atom is 0.322 e. The van der Waals surface area contributed by atoms with E-state index in [2.05, 4.69) is 0 Å². The van der Waals surface area contributed by atoms with Crippen LogP contribution in [0.25, 0.3) is 0 Å². The van der Waals surface area contributed by atoms with Gasteiger partial charge in [-0.05, 0) is 49.8 Å². The highest BCUT2D eigenvalue weighted by Crippen LogP contribution is 2.47. The maximum atomic E-state index is 12.9. The molecule has 0 aromatic heterocycles. The van der Waals surface area contributed by atoms with Crippen LogP contribution in [0.3, 0.4) is 0 Å². The Kier molecular flexibility index (Phi) is 3.89. The molecule has 1 aromatic carbocycles. The molecule has 3 rings (SSSR count). The summed E-state index contributed by atoms with van der Waals surface area (Å²) in [6.45, 7) is 1.96. The zero-order valence-electron chi connectivity index (χ0n) is 12.8. The molecular formula is C17H19ClO4. The molecule has 5 heteroatoms. The number of ketones is 1. The van der Waals surface area contributed by atoms with Gasteiger partial charge in [-0.2, -0.15) is 0 Å². The second kappa shape index (κ2) is 5.58. The Balaban J connectivity index is 2.11. The van der Waals surface area contributed by atoms with Gasteiger partial charge < -0.3 is 9.47 Å². The van der Waals surface area contributed by atoms with Gasteiger partial charge >= 0.3 is 5.97 Å². The molecule has 4 nitrogen and oxygen atoms in total. The molecule has 2 aliphatic rings. The first-order chi connectivity index (χ1) is 10.5. The Morgan fingerprint density at radius 1 is 1.32 bits per heavy atom. The van der Waals surface area contributed by atoms with E-state index in [1.807, 2.05) is 6.92 Å². The molecular weight excluding hydrogens is 304 g/mol. The summed E-state index contributed by atoms with van der Waals surface area (Å²) in [5.74, 6) is -0.984. The Morgan fingerprint density at radius 2 is 2.00 bits per heavy atom. The maximum absolute atomic E-state index is 12.9. The van der Waals surface area contributed by atoms with E-state index in [1.54, 1.807) is 12.1 Å². The Morgan fingerprint density at radius 3 is 2.59 bits per heavy atom. The van der Waals surface area contributed by atoms with Crippen LogP contribution in [-0.2, 0) is 20.7 Å². The van der Waals surface area contributed by atoms with Gasteiger partial charge in [-0.15, -0.1) is 0 Å². The molecule has 1 aliphatic heterocycles. The van der Waals surface area contributed by atoms with Crippen LogP contribution in [0.5, 0.6) is 5.75 Å². The molecule has 118 valence electrons. The van der Waals surface area contributed by atoms with Crippen molar-refractivity contribution >= 4 is 23.4 Å². The molecule has 1 heterocycles. The van der Waals surface area contributed by atoms with E-state index in [9.17, 15) is 9.59 Å². The lowest BCUT2D eigenvalue weighted by Gasteiger charge is -2.20. The standard InChI is InChI=1S/C17H19ClO4/c1-3-10-8-11(18)9-12(21-2)13(10)14-15(19)17(22-16(14)20)6-4-5-7-17/h8-9,14H,3-7H2,1-2H3. The summed E-state index contributed by atoms with van der Waals surface area (Å²) in [6, 6.07) is 3.44. The summed E-state index contributed by atoms with van der Waals surface area (Å²) in [6.07, 6.45) is 3.77. The average Bonchev–Trinajstić information content (AvgIpc) is 3.05. The van der Waals surface area contributed by atoms with Crippen molar-refractivity contribution in [3.05, 3.63) is 28.3 Å². The fourth-order valence-electron chi connectivity index (χ4n) is 3.65. The Hall–Kier alpha value is -1.55. The van der Waals surface area contributed by atoms with Crippen LogP contribution in [0.15, 0.2) is 12.1 Å². The monoisotopic (exact) mass is 322 g/mol. The van der Waals surface area contributed by atoms with E-state index in [0.29, 0.717) is 35.6 Å². The summed E-state index contributed by atoms with van der Waals surface area (Å²) in [4.78, 5) is 25.4. The van der Waals surface area contributed by atoms with Gasteiger partial charge in [0, 0.05) is 10.6 Å². The molecule has 1 unspecified atom stereocenters. The largest absolute Gasteiger partial charge is 0.496 e. The van der Waals surface area contributed by atoms with E-state index in [0.717, 1.165) is 18.4 Å². The third kappa shape index (κ3) is 2.21. The van der Waals surface area contributed by atoms with Crippen molar-refractivity contribution in [3.63, 3.8) is 0 Å². The average molecular weight is 323 g/mol. The quantitative estimate of drug-likeness (QED) is 0.632. The van der Waals surface area contributed by atoms with E-state index in [4.69, 9.17) is 21.1 Å².